The molecule has 3 rings (SSSR count). The van der Waals surface area contributed by atoms with E-state index >= 15 is 0 Å². The summed E-state index contributed by atoms with van der Waals surface area (Å²) in [5.74, 6) is 0.390. The Morgan fingerprint density at radius 1 is 1.48 bits per heavy atom. The molecule has 0 radical (unpaired) electrons. The normalized spacial score (nSPS) is 22.5. The fourth-order valence-corrected chi connectivity index (χ4v) is 2.66. The van der Waals surface area contributed by atoms with Gasteiger partial charge in [-0.25, -0.2) is 4.39 Å². The molecule has 1 aliphatic rings. The number of nitrogens with one attached hydrogen (secondary N) is 1. The maximum atomic E-state index is 13.3. The summed E-state index contributed by atoms with van der Waals surface area (Å²) < 4.78 is 13.3. The van der Waals surface area contributed by atoms with Gasteiger partial charge in [-0.2, -0.15) is 4.98 Å². The molecular weight excluding hydrogens is 273 g/mol. The first-order chi connectivity index (χ1) is 10.1. The number of hydrogen-bond acceptors (Lipinski definition) is 5. The molecule has 0 saturated carbocycles. The fraction of sp³-hybridized carbons (Fsp3) is 0.429. The van der Waals surface area contributed by atoms with E-state index in [-0.39, 0.29) is 17.8 Å². The van der Waals surface area contributed by atoms with Crippen LogP contribution in [0.3, 0.4) is 0 Å². The van der Waals surface area contributed by atoms with E-state index in [0.29, 0.717) is 17.3 Å². The van der Waals surface area contributed by atoms with Gasteiger partial charge in [-0.1, -0.05) is 0 Å². The van der Waals surface area contributed by atoms with E-state index in [1.807, 2.05) is 11.8 Å². The van der Waals surface area contributed by atoms with Gasteiger partial charge in [0.2, 0.25) is 5.95 Å². The molecule has 2 heterocycles. The number of phenolic OH excluding ortho intramolecular Hbond substituents is 1. The van der Waals surface area contributed by atoms with Crippen LogP contribution < -0.4 is 10.6 Å². The number of benzene rings is 1. The van der Waals surface area contributed by atoms with E-state index < -0.39 is 5.82 Å². The molecule has 112 valence electrons. The predicted octanol–water partition coefficient (Wildman–Crippen LogP) is 1.63. The molecule has 1 fully saturated rings. The van der Waals surface area contributed by atoms with Crippen molar-refractivity contribution in [1.29, 1.82) is 0 Å². The van der Waals surface area contributed by atoms with E-state index in [9.17, 15) is 9.50 Å². The van der Waals surface area contributed by atoms with Gasteiger partial charge in [0.05, 0.1) is 5.56 Å². The third kappa shape index (κ3) is 2.56. The Balaban J connectivity index is 1.91. The first-order valence-corrected chi connectivity index (χ1v) is 7.00. The molecule has 6 nitrogen and oxygen atoms in total. The summed E-state index contributed by atoms with van der Waals surface area (Å²) in [4.78, 5) is 6.40. The van der Waals surface area contributed by atoms with Gasteiger partial charge in [-0.15, -0.1) is 5.10 Å². The lowest BCUT2D eigenvalue weighted by Gasteiger charge is -2.36. The highest BCUT2D eigenvalue weighted by atomic mass is 19.1. The zero-order valence-corrected chi connectivity index (χ0v) is 11.8. The number of phenols is 1. The Hall–Kier alpha value is -2.15. The molecule has 2 aromatic rings. The predicted molar refractivity (Wildman–Crippen MR) is 77.5 cm³/mol. The summed E-state index contributed by atoms with van der Waals surface area (Å²) >= 11 is 0. The lowest BCUT2D eigenvalue weighted by molar-refractivity contribution is 0.416. The highest BCUT2D eigenvalue weighted by Crippen LogP contribution is 2.29. The summed E-state index contributed by atoms with van der Waals surface area (Å²) in [5.41, 5.74) is 6.37. The molecule has 2 unspecified atom stereocenters. The van der Waals surface area contributed by atoms with Crippen LogP contribution in [0.15, 0.2) is 18.2 Å². The number of H-pyrrole nitrogens is 1. The summed E-state index contributed by atoms with van der Waals surface area (Å²) in [6.07, 6.45) is 1.97. The summed E-state index contributed by atoms with van der Waals surface area (Å²) in [7, 11) is 0. The van der Waals surface area contributed by atoms with E-state index in [1.165, 1.54) is 18.2 Å². The number of halogens is 1. The monoisotopic (exact) mass is 291 g/mol. The van der Waals surface area contributed by atoms with Gasteiger partial charge >= 0.3 is 0 Å². The van der Waals surface area contributed by atoms with E-state index in [4.69, 9.17) is 5.73 Å². The Labute approximate surface area is 121 Å². The average molecular weight is 291 g/mol. The molecule has 21 heavy (non-hydrogen) atoms. The molecule has 7 heteroatoms. The second-order valence-corrected chi connectivity index (χ2v) is 5.39. The number of nitrogens with zero attached hydrogens (tertiary/aromatic N) is 3. The summed E-state index contributed by atoms with van der Waals surface area (Å²) in [6.45, 7) is 2.88. The van der Waals surface area contributed by atoms with Crippen LogP contribution in [-0.4, -0.2) is 38.9 Å². The van der Waals surface area contributed by atoms with Crippen LogP contribution in [0.5, 0.6) is 5.75 Å². The number of aromatic hydroxyl groups is 1. The first kappa shape index (κ1) is 13.8. The molecule has 0 amide bonds. The minimum Gasteiger partial charge on any atom is -0.507 e. The van der Waals surface area contributed by atoms with Crippen LogP contribution in [0.25, 0.3) is 11.4 Å². The van der Waals surface area contributed by atoms with E-state index in [1.54, 1.807) is 0 Å². The largest absolute Gasteiger partial charge is 0.507 e. The van der Waals surface area contributed by atoms with E-state index in [0.717, 1.165) is 19.4 Å². The Kier molecular flexibility index (Phi) is 3.50. The number of hydrogen-bond donors (Lipinski definition) is 3. The maximum absolute atomic E-state index is 13.3. The third-order valence-electron chi connectivity index (χ3n) is 3.99. The number of aromatic nitrogens is 3. The lowest BCUT2D eigenvalue weighted by atomic mass is 9.99. The van der Waals surface area contributed by atoms with Crippen LogP contribution in [-0.2, 0) is 0 Å². The molecular formula is C14H18FN5O. The van der Waals surface area contributed by atoms with Crippen molar-refractivity contribution in [2.75, 3.05) is 11.4 Å². The average Bonchev–Trinajstić information content (AvgIpc) is 2.94. The highest BCUT2D eigenvalue weighted by molar-refractivity contribution is 5.64. The van der Waals surface area contributed by atoms with Crippen LogP contribution >= 0.6 is 0 Å². The first-order valence-electron chi connectivity index (χ1n) is 7.00. The topological polar surface area (TPSA) is 91.1 Å². The molecule has 0 spiro atoms. The van der Waals surface area contributed by atoms with Gasteiger partial charge in [0.15, 0.2) is 5.82 Å². The van der Waals surface area contributed by atoms with Gasteiger partial charge in [0.1, 0.15) is 11.6 Å². The smallest absolute Gasteiger partial charge is 0.245 e. The molecule has 2 atom stereocenters. The van der Waals surface area contributed by atoms with Crippen molar-refractivity contribution in [1.82, 2.24) is 15.2 Å². The number of aromatic amines is 1. The minimum atomic E-state index is -0.436. The summed E-state index contributed by atoms with van der Waals surface area (Å²) in [6, 6.07) is 3.95. The Morgan fingerprint density at radius 3 is 3.10 bits per heavy atom. The van der Waals surface area contributed by atoms with Crippen molar-refractivity contribution in [2.45, 2.75) is 31.8 Å². The number of piperidine rings is 1. The van der Waals surface area contributed by atoms with Crippen LogP contribution in [0.2, 0.25) is 0 Å². The zero-order valence-electron chi connectivity index (χ0n) is 11.8. The van der Waals surface area contributed by atoms with Gasteiger partial charge in [0.25, 0.3) is 0 Å². The van der Waals surface area contributed by atoms with Gasteiger partial charge in [0, 0.05) is 18.6 Å². The van der Waals surface area contributed by atoms with Gasteiger partial charge < -0.3 is 15.7 Å². The molecule has 1 aromatic heterocycles. The number of nitrogens with two attached hydrogens (primary N) is 1. The van der Waals surface area contributed by atoms with Crippen molar-refractivity contribution in [3.63, 3.8) is 0 Å². The van der Waals surface area contributed by atoms with Gasteiger partial charge in [-0.3, -0.25) is 5.10 Å². The van der Waals surface area contributed by atoms with Crippen molar-refractivity contribution in [3.8, 4) is 17.1 Å². The fourth-order valence-electron chi connectivity index (χ4n) is 2.66. The van der Waals surface area contributed by atoms with Crippen molar-refractivity contribution < 1.29 is 9.50 Å². The SMILES string of the molecule is CC1C(N)CCCN1c1n[nH]c(-c2cc(F)ccc2O)n1. The maximum Gasteiger partial charge on any atom is 0.245 e. The van der Waals surface area contributed by atoms with Crippen molar-refractivity contribution >= 4 is 5.95 Å². The summed E-state index contributed by atoms with van der Waals surface area (Å²) in [5, 5.41) is 16.7. The van der Waals surface area contributed by atoms with Crippen molar-refractivity contribution in [3.05, 3.63) is 24.0 Å². The molecule has 0 bridgehead atoms. The number of anilines is 1. The standard InChI is InChI=1S/C14H18FN5O/c1-8-11(16)3-2-6-20(8)14-17-13(18-19-14)10-7-9(15)4-5-12(10)21/h4-5,7-8,11,21H,2-3,6,16H2,1H3,(H,17,18,19). The molecule has 0 aliphatic carbocycles. The number of rotatable bonds is 2. The third-order valence-corrected chi connectivity index (χ3v) is 3.99. The van der Waals surface area contributed by atoms with E-state index in [2.05, 4.69) is 15.2 Å². The Morgan fingerprint density at radius 2 is 2.29 bits per heavy atom. The second kappa shape index (κ2) is 5.33. The zero-order chi connectivity index (χ0) is 15.0. The van der Waals surface area contributed by atoms with Crippen LogP contribution in [0.1, 0.15) is 19.8 Å². The molecule has 1 aliphatic heterocycles. The van der Waals surface area contributed by atoms with Crippen molar-refractivity contribution in [2.24, 2.45) is 5.73 Å². The minimum absolute atomic E-state index is 0.0394. The van der Waals surface area contributed by atoms with Gasteiger partial charge in [-0.05, 0) is 38.0 Å². The molecule has 4 N–H and O–H groups in total. The quantitative estimate of drug-likeness (QED) is 0.782. The molecule has 1 aromatic carbocycles. The Bertz CT molecular complexity index is 644. The molecule has 1 saturated heterocycles. The van der Waals surface area contributed by atoms with Crippen LogP contribution in [0, 0.1) is 5.82 Å². The second-order valence-electron chi connectivity index (χ2n) is 5.39. The van der Waals surface area contributed by atoms with Crippen LogP contribution in [0.4, 0.5) is 10.3 Å². The lowest BCUT2D eigenvalue weighted by Crippen LogP contribution is -2.50. The highest BCUT2D eigenvalue weighted by Gasteiger charge is 2.28.